The van der Waals surface area contributed by atoms with E-state index in [9.17, 15) is 10.1 Å². The Balaban J connectivity index is 1.80. The summed E-state index contributed by atoms with van der Waals surface area (Å²) in [6, 6.07) is 16.5. The van der Waals surface area contributed by atoms with E-state index in [-0.39, 0.29) is 12.5 Å². The maximum absolute atomic E-state index is 11.0. The summed E-state index contributed by atoms with van der Waals surface area (Å²) in [4.78, 5) is 10.5. The summed E-state index contributed by atoms with van der Waals surface area (Å²) in [7, 11) is 3.23. The summed E-state index contributed by atoms with van der Waals surface area (Å²) >= 11 is 3.70. The maximum Gasteiger partial charge on any atom is 0.389 e. The lowest BCUT2D eigenvalue weighted by molar-refractivity contribution is -0.389. The Bertz CT molecular complexity index is 1220. The zero-order valence-corrected chi connectivity index (χ0v) is 18.3. The third-order valence-electron chi connectivity index (χ3n) is 4.71. The van der Waals surface area contributed by atoms with Gasteiger partial charge in [0.2, 0.25) is 0 Å². The van der Waals surface area contributed by atoms with E-state index in [1.165, 1.54) is 10.7 Å². The lowest BCUT2D eigenvalue weighted by Gasteiger charge is -2.08. The van der Waals surface area contributed by atoms with Crippen LogP contribution < -0.4 is 9.47 Å². The van der Waals surface area contributed by atoms with E-state index in [0.29, 0.717) is 0 Å². The van der Waals surface area contributed by atoms with E-state index >= 15 is 0 Å². The lowest BCUT2D eigenvalue weighted by atomic mass is 10.1. The van der Waals surface area contributed by atoms with Gasteiger partial charge in [0.15, 0.2) is 6.67 Å². The number of halogens is 1. The standard InChI is InChI=1S/C21H18BrN5O4/c1-30-16-7-3-14(4-8-16)20-19(22)21(15-5-9-17(31-2)10-6-15)26(24-20)13-25-12-11-18(23-25)27(28)29/h3-12H,13H2,1-2H3. The van der Waals surface area contributed by atoms with Gasteiger partial charge in [-0.3, -0.25) is 0 Å². The second-order valence-corrected chi connectivity index (χ2v) is 7.37. The van der Waals surface area contributed by atoms with Gasteiger partial charge in [-0.25, -0.2) is 4.68 Å². The topological polar surface area (TPSA) is 97.2 Å². The number of hydrogen-bond donors (Lipinski definition) is 0. The third-order valence-corrected chi connectivity index (χ3v) is 5.47. The number of nitrogens with zero attached hydrogens (tertiary/aromatic N) is 5. The van der Waals surface area contributed by atoms with E-state index in [0.717, 1.165) is 38.5 Å². The highest BCUT2D eigenvalue weighted by molar-refractivity contribution is 9.10. The summed E-state index contributed by atoms with van der Waals surface area (Å²) in [5.74, 6) is 1.27. The normalized spacial score (nSPS) is 10.8. The largest absolute Gasteiger partial charge is 0.497 e. The monoisotopic (exact) mass is 483 g/mol. The summed E-state index contributed by atoms with van der Waals surface area (Å²) in [5, 5.41) is 19.8. The van der Waals surface area contributed by atoms with Gasteiger partial charge in [-0.15, -0.1) is 0 Å². The van der Waals surface area contributed by atoms with Crippen LogP contribution in [0, 0.1) is 10.1 Å². The molecule has 158 valence electrons. The molecule has 0 aliphatic rings. The first-order valence-electron chi connectivity index (χ1n) is 9.23. The van der Waals surface area contributed by atoms with Crippen molar-refractivity contribution in [2.75, 3.05) is 14.2 Å². The zero-order valence-electron chi connectivity index (χ0n) is 16.7. The minimum absolute atomic E-state index is 0.198. The average Bonchev–Trinajstić information content (AvgIpc) is 3.39. The number of hydrogen-bond acceptors (Lipinski definition) is 6. The molecular weight excluding hydrogens is 466 g/mol. The van der Waals surface area contributed by atoms with Crippen LogP contribution >= 0.6 is 15.9 Å². The van der Waals surface area contributed by atoms with Crippen molar-refractivity contribution in [1.82, 2.24) is 19.6 Å². The molecular formula is C21H18BrN5O4. The average molecular weight is 484 g/mol. The highest BCUT2D eigenvalue weighted by atomic mass is 79.9. The van der Waals surface area contributed by atoms with Crippen molar-refractivity contribution in [3.05, 3.63) is 75.4 Å². The summed E-state index contributed by atoms with van der Waals surface area (Å²) in [5.41, 5.74) is 3.34. The quantitative estimate of drug-likeness (QED) is 0.281. The molecule has 0 aliphatic carbocycles. The van der Waals surface area contributed by atoms with Crippen molar-refractivity contribution in [2.45, 2.75) is 6.67 Å². The van der Waals surface area contributed by atoms with Gasteiger partial charge in [0.25, 0.3) is 0 Å². The first-order valence-corrected chi connectivity index (χ1v) is 10.0. The zero-order chi connectivity index (χ0) is 22.0. The molecule has 0 atom stereocenters. The number of methoxy groups -OCH3 is 2. The Hall–Kier alpha value is -3.66. The molecule has 9 nitrogen and oxygen atoms in total. The van der Waals surface area contributed by atoms with E-state index in [1.54, 1.807) is 25.1 Å². The van der Waals surface area contributed by atoms with E-state index in [1.807, 2.05) is 48.5 Å². The maximum atomic E-state index is 11.0. The number of rotatable bonds is 7. The van der Waals surface area contributed by atoms with Gasteiger partial charge in [-0.05, 0) is 69.4 Å². The fourth-order valence-corrected chi connectivity index (χ4v) is 3.91. The number of nitro groups is 1. The minimum atomic E-state index is -0.525. The van der Waals surface area contributed by atoms with E-state index in [4.69, 9.17) is 14.6 Å². The van der Waals surface area contributed by atoms with Crippen molar-refractivity contribution in [3.8, 4) is 34.0 Å². The van der Waals surface area contributed by atoms with E-state index < -0.39 is 4.92 Å². The lowest BCUT2D eigenvalue weighted by Crippen LogP contribution is -2.11. The number of ether oxygens (including phenoxy) is 2. The van der Waals surface area contributed by atoms with Crippen LogP contribution in [0.25, 0.3) is 22.5 Å². The molecule has 31 heavy (non-hydrogen) atoms. The van der Waals surface area contributed by atoms with Gasteiger partial charge in [0.1, 0.15) is 17.2 Å². The van der Waals surface area contributed by atoms with Crippen LogP contribution in [-0.2, 0) is 6.67 Å². The van der Waals surface area contributed by atoms with Crippen molar-refractivity contribution >= 4 is 21.7 Å². The Labute approximate surface area is 186 Å². The molecule has 0 N–H and O–H groups in total. The van der Waals surface area contributed by atoms with Crippen molar-refractivity contribution in [1.29, 1.82) is 0 Å². The molecule has 2 aromatic heterocycles. The molecule has 2 aromatic carbocycles. The van der Waals surface area contributed by atoms with Crippen molar-refractivity contribution in [2.24, 2.45) is 0 Å². The number of benzene rings is 2. The SMILES string of the molecule is COc1ccc(-c2nn(Cn3ccc([N+](=O)[O-])n3)c(-c3ccc(OC)cc3)c2Br)cc1. The summed E-state index contributed by atoms with van der Waals surface area (Å²) < 4.78 is 14.5. The van der Waals surface area contributed by atoms with Gasteiger partial charge >= 0.3 is 5.82 Å². The molecule has 0 radical (unpaired) electrons. The molecule has 0 spiro atoms. The predicted molar refractivity (Wildman–Crippen MR) is 118 cm³/mol. The van der Waals surface area contributed by atoms with Gasteiger partial charge in [0, 0.05) is 11.1 Å². The first-order chi connectivity index (χ1) is 15.0. The molecule has 0 amide bonds. The summed E-state index contributed by atoms with van der Waals surface area (Å²) in [6.07, 6.45) is 1.55. The van der Waals surface area contributed by atoms with Crippen LogP contribution in [0.5, 0.6) is 11.5 Å². The molecule has 10 heteroatoms. The fourth-order valence-electron chi connectivity index (χ4n) is 3.16. The predicted octanol–water partition coefficient (Wildman–Crippen LogP) is 4.61. The molecule has 0 unspecified atom stereocenters. The number of aromatic nitrogens is 4. The Morgan fingerprint density at radius 3 is 2.03 bits per heavy atom. The van der Waals surface area contributed by atoms with Crippen LogP contribution in [0.3, 0.4) is 0 Å². The molecule has 0 saturated carbocycles. The van der Waals surface area contributed by atoms with E-state index in [2.05, 4.69) is 21.0 Å². The van der Waals surface area contributed by atoms with Crippen molar-refractivity contribution in [3.63, 3.8) is 0 Å². The van der Waals surface area contributed by atoms with Crippen LogP contribution in [0.1, 0.15) is 0 Å². The van der Waals surface area contributed by atoms with Gasteiger partial charge in [0.05, 0.1) is 41.7 Å². The van der Waals surface area contributed by atoms with Gasteiger partial charge in [-0.2, -0.15) is 9.78 Å². The minimum Gasteiger partial charge on any atom is -0.497 e. The highest BCUT2D eigenvalue weighted by Crippen LogP contribution is 2.37. The molecule has 0 saturated heterocycles. The van der Waals surface area contributed by atoms with Crippen molar-refractivity contribution < 1.29 is 14.4 Å². The smallest absolute Gasteiger partial charge is 0.389 e. The Morgan fingerprint density at radius 2 is 1.52 bits per heavy atom. The second kappa shape index (κ2) is 8.60. The fraction of sp³-hybridized carbons (Fsp3) is 0.143. The molecule has 0 bridgehead atoms. The Kier molecular flexibility index (Phi) is 5.72. The van der Waals surface area contributed by atoms with Crippen LogP contribution in [0.4, 0.5) is 5.82 Å². The molecule has 4 aromatic rings. The molecule has 0 fully saturated rings. The van der Waals surface area contributed by atoms with Crippen LogP contribution in [0.15, 0.2) is 65.3 Å². The van der Waals surface area contributed by atoms with Gasteiger partial charge in [-0.1, -0.05) is 0 Å². The molecule has 4 rings (SSSR count). The van der Waals surface area contributed by atoms with Gasteiger partial charge < -0.3 is 19.6 Å². The Morgan fingerprint density at radius 1 is 0.935 bits per heavy atom. The first kappa shape index (κ1) is 20.6. The molecule has 2 heterocycles. The second-order valence-electron chi connectivity index (χ2n) is 6.58. The third kappa shape index (κ3) is 4.15. The van der Waals surface area contributed by atoms with Crippen LogP contribution in [0.2, 0.25) is 0 Å². The molecule has 0 aliphatic heterocycles. The summed E-state index contributed by atoms with van der Waals surface area (Å²) in [6.45, 7) is 0.198. The highest BCUT2D eigenvalue weighted by Gasteiger charge is 2.21. The van der Waals surface area contributed by atoms with Crippen LogP contribution in [-0.4, -0.2) is 38.7 Å².